The lowest BCUT2D eigenvalue weighted by Gasteiger charge is -2.32. The molecule has 0 saturated carbocycles. The largest absolute Gasteiger partial charge is 0.494 e. The molecule has 0 radical (unpaired) electrons. The highest BCUT2D eigenvalue weighted by atomic mass is 16.7. The fourth-order valence-electron chi connectivity index (χ4n) is 3.36. The van der Waals surface area contributed by atoms with Crippen LogP contribution in [0.25, 0.3) is 0 Å². The normalized spacial score (nSPS) is 23.2. The van der Waals surface area contributed by atoms with Crippen molar-refractivity contribution in [3.8, 4) is 0 Å². The van der Waals surface area contributed by atoms with Gasteiger partial charge in [-0.1, -0.05) is 12.1 Å². The third kappa shape index (κ3) is 4.25. The fraction of sp³-hybridized carbons (Fsp3) is 0.619. The molecule has 1 saturated heterocycles. The number of fused-ring (bicyclic) bond motifs is 1. The molecule has 152 valence electrons. The number of carbonyl (C=O) groups excluding carboxylic acids is 2. The Morgan fingerprint density at radius 3 is 2.39 bits per heavy atom. The van der Waals surface area contributed by atoms with Crippen LogP contribution in [0.5, 0.6) is 0 Å². The van der Waals surface area contributed by atoms with Crippen LogP contribution in [0, 0.1) is 5.92 Å². The number of hydrogen-bond donors (Lipinski definition) is 1. The Kier molecular flexibility index (Phi) is 5.13. The van der Waals surface area contributed by atoms with Gasteiger partial charge in [0.05, 0.1) is 23.5 Å². The second-order valence-corrected chi connectivity index (χ2v) is 9.69. The maximum Gasteiger partial charge on any atom is 0.494 e. The molecular weight excluding hydrogens is 357 g/mol. The molecule has 1 unspecified atom stereocenters. The maximum absolute atomic E-state index is 12.5. The summed E-state index contributed by atoms with van der Waals surface area (Å²) in [6.45, 7) is 13.5. The van der Waals surface area contributed by atoms with E-state index in [0.717, 1.165) is 16.7 Å². The van der Waals surface area contributed by atoms with Gasteiger partial charge in [0.1, 0.15) is 5.60 Å². The summed E-state index contributed by atoms with van der Waals surface area (Å²) in [5.74, 6) is -0.945. The van der Waals surface area contributed by atoms with E-state index < -0.39 is 29.8 Å². The molecule has 2 aliphatic heterocycles. The molecular formula is C21H30BNO5. The van der Waals surface area contributed by atoms with E-state index in [-0.39, 0.29) is 18.3 Å². The van der Waals surface area contributed by atoms with E-state index in [1.54, 1.807) is 0 Å². The van der Waals surface area contributed by atoms with Crippen LogP contribution in [0.15, 0.2) is 18.2 Å². The molecule has 6 nitrogen and oxygen atoms in total. The van der Waals surface area contributed by atoms with Gasteiger partial charge < -0.3 is 19.4 Å². The lowest BCUT2D eigenvalue weighted by Crippen LogP contribution is -2.41. The van der Waals surface area contributed by atoms with E-state index in [1.165, 1.54) is 0 Å². The van der Waals surface area contributed by atoms with Crippen molar-refractivity contribution in [1.82, 2.24) is 0 Å². The van der Waals surface area contributed by atoms with Gasteiger partial charge in [-0.3, -0.25) is 9.59 Å². The lowest BCUT2D eigenvalue weighted by atomic mass is 9.77. The van der Waals surface area contributed by atoms with Crippen molar-refractivity contribution in [2.24, 2.45) is 5.92 Å². The van der Waals surface area contributed by atoms with Gasteiger partial charge in [-0.15, -0.1) is 0 Å². The number of benzene rings is 1. The van der Waals surface area contributed by atoms with Crippen molar-refractivity contribution in [1.29, 1.82) is 0 Å². The molecule has 0 spiro atoms. The first-order chi connectivity index (χ1) is 12.8. The molecule has 1 N–H and O–H groups in total. The zero-order valence-electron chi connectivity index (χ0n) is 17.8. The Morgan fingerprint density at radius 2 is 1.82 bits per heavy atom. The number of ether oxygens (including phenoxy) is 1. The van der Waals surface area contributed by atoms with E-state index in [9.17, 15) is 9.59 Å². The highest BCUT2D eigenvalue weighted by molar-refractivity contribution is 6.62. The molecule has 1 amide bonds. The van der Waals surface area contributed by atoms with Gasteiger partial charge in [0.25, 0.3) is 0 Å². The number of esters is 1. The van der Waals surface area contributed by atoms with Crippen LogP contribution in [0.2, 0.25) is 0 Å². The predicted molar refractivity (Wildman–Crippen MR) is 108 cm³/mol. The Bertz CT molecular complexity index is 780. The molecule has 1 aromatic rings. The summed E-state index contributed by atoms with van der Waals surface area (Å²) in [7, 11) is -0.480. The highest BCUT2D eigenvalue weighted by Gasteiger charge is 2.51. The molecule has 7 heteroatoms. The third-order valence-electron chi connectivity index (χ3n) is 5.59. The summed E-state index contributed by atoms with van der Waals surface area (Å²) in [6, 6.07) is 5.83. The molecule has 1 aromatic carbocycles. The van der Waals surface area contributed by atoms with Gasteiger partial charge in [0.2, 0.25) is 5.91 Å². The molecule has 28 heavy (non-hydrogen) atoms. The number of carbonyl (C=O) groups is 2. The number of anilines is 1. The van der Waals surface area contributed by atoms with Gasteiger partial charge in [-0.25, -0.2) is 0 Å². The fourth-order valence-corrected chi connectivity index (χ4v) is 3.36. The van der Waals surface area contributed by atoms with Crippen LogP contribution in [-0.2, 0) is 30.1 Å². The first kappa shape index (κ1) is 20.9. The smallest absolute Gasteiger partial charge is 0.460 e. The van der Waals surface area contributed by atoms with Gasteiger partial charge >= 0.3 is 13.1 Å². The van der Waals surface area contributed by atoms with Crippen molar-refractivity contribution in [2.45, 2.75) is 78.1 Å². The average Bonchev–Trinajstić information content (AvgIpc) is 2.74. The van der Waals surface area contributed by atoms with Crippen molar-refractivity contribution in [3.05, 3.63) is 23.8 Å². The van der Waals surface area contributed by atoms with Crippen molar-refractivity contribution in [3.63, 3.8) is 0 Å². The molecule has 0 aromatic heterocycles. The summed E-state index contributed by atoms with van der Waals surface area (Å²) in [6.07, 6.45) is 0.575. The van der Waals surface area contributed by atoms with Crippen LogP contribution < -0.4 is 10.8 Å². The number of nitrogens with one attached hydrogen (secondary N) is 1. The standard InChI is InChI=1S/C21H30BNO5/c1-19(2,3)26-17(24)11-14-10-13-8-9-15(12-16(13)23-18(14)25)22-27-20(4,5)21(6,7)28-22/h8-9,12,14H,10-11H2,1-7H3,(H,23,25). The number of amides is 1. The summed E-state index contributed by atoms with van der Waals surface area (Å²) >= 11 is 0. The minimum absolute atomic E-state index is 0.0710. The highest BCUT2D eigenvalue weighted by Crippen LogP contribution is 2.37. The van der Waals surface area contributed by atoms with Crippen LogP contribution in [0.1, 0.15) is 60.5 Å². The summed E-state index contributed by atoms with van der Waals surface area (Å²) in [5, 5.41) is 2.93. The van der Waals surface area contributed by atoms with Crippen LogP contribution in [-0.4, -0.2) is 35.8 Å². The molecule has 2 heterocycles. The minimum Gasteiger partial charge on any atom is -0.460 e. The van der Waals surface area contributed by atoms with E-state index in [1.807, 2.05) is 66.7 Å². The van der Waals surface area contributed by atoms with E-state index in [2.05, 4.69) is 5.32 Å². The molecule has 1 fully saturated rings. The van der Waals surface area contributed by atoms with E-state index >= 15 is 0 Å². The van der Waals surface area contributed by atoms with Gasteiger partial charge in [-0.2, -0.15) is 0 Å². The Hall–Kier alpha value is -1.86. The Morgan fingerprint density at radius 1 is 1.21 bits per heavy atom. The quantitative estimate of drug-likeness (QED) is 0.638. The lowest BCUT2D eigenvalue weighted by molar-refractivity contribution is -0.157. The molecule has 0 aliphatic carbocycles. The summed E-state index contributed by atoms with van der Waals surface area (Å²) < 4.78 is 17.5. The van der Waals surface area contributed by atoms with Gasteiger partial charge in [-0.05, 0) is 72.0 Å². The van der Waals surface area contributed by atoms with Crippen molar-refractivity contribution < 1.29 is 23.6 Å². The maximum atomic E-state index is 12.5. The van der Waals surface area contributed by atoms with Crippen molar-refractivity contribution in [2.75, 3.05) is 5.32 Å². The zero-order valence-corrected chi connectivity index (χ0v) is 17.8. The topological polar surface area (TPSA) is 73.9 Å². The molecule has 2 aliphatic rings. The minimum atomic E-state index is -0.558. The summed E-state index contributed by atoms with van der Waals surface area (Å²) in [5.41, 5.74) is 1.21. The third-order valence-corrected chi connectivity index (χ3v) is 5.59. The second-order valence-electron chi connectivity index (χ2n) is 9.69. The SMILES string of the molecule is CC(C)(C)OC(=O)CC1Cc2ccc(B3OC(C)(C)C(C)(C)O3)cc2NC1=O. The molecule has 1 atom stereocenters. The zero-order chi connectivity index (χ0) is 20.9. The Labute approximate surface area is 167 Å². The van der Waals surface area contributed by atoms with Crippen LogP contribution in [0.3, 0.4) is 0 Å². The van der Waals surface area contributed by atoms with Gasteiger partial charge in [0.15, 0.2) is 0 Å². The second kappa shape index (κ2) is 6.88. The monoisotopic (exact) mass is 387 g/mol. The van der Waals surface area contributed by atoms with Crippen LogP contribution >= 0.6 is 0 Å². The molecule has 0 bridgehead atoms. The first-order valence-electron chi connectivity index (χ1n) is 9.79. The average molecular weight is 387 g/mol. The molecule has 3 rings (SSSR count). The van der Waals surface area contributed by atoms with Gasteiger partial charge in [0, 0.05) is 5.69 Å². The van der Waals surface area contributed by atoms with Crippen LogP contribution in [0.4, 0.5) is 5.69 Å². The number of rotatable bonds is 3. The first-order valence-corrected chi connectivity index (χ1v) is 9.79. The Balaban J connectivity index is 1.73. The van der Waals surface area contributed by atoms with E-state index in [0.29, 0.717) is 6.42 Å². The number of hydrogen-bond acceptors (Lipinski definition) is 5. The van der Waals surface area contributed by atoms with Crippen molar-refractivity contribution >= 4 is 30.1 Å². The summed E-state index contributed by atoms with van der Waals surface area (Å²) in [4.78, 5) is 24.6. The van der Waals surface area contributed by atoms with E-state index in [4.69, 9.17) is 14.0 Å². The predicted octanol–water partition coefficient (Wildman–Crippen LogP) is 2.83.